The molecule has 0 atom stereocenters. The minimum absolute atomic E-state index is 0.262. The highest BCUT2D eigenvalue weighted by Crippen LogP contribution is 2.28. The fourth-order valence-electron chi connectivity index (χ4n) is 3.09. The lowest BCUT2D eigenvalue weighted by Crippen LogP contribution is -2.26. The molecule has 146 valence electrons. The van der Waals surface area contributed by atoms with Gasteiger partial charge in [0.05, 0.1) is 0 Å². The summed E-state index contributed by atoms with van der Waals surface area (Å²) in [5.74, 6) is 0.543. The van der Waals surface area contributed by atoms with Gasteiger partial charge in [0.25, 0.3) is 0 Å². The zero-order chi connectivity index (χ0) is 20.4. The average molecular weight is 376 g/mol. The molecule has 0 heterocycles. The molecule has 0 aliphatic heterocycles. The average Bonchev–Trinajstić information content (AvgIpc) is 2.69. The highest BCUT2D eigenvalue weighted by molar-refractivity contribution is 5.58. The van der Waals surface area contributed by atoms with Crippen LogP contribution in [0.1, 0.15) is 31.4 Å². The molecule has 0 radical (unpaired) electrons. The molecule has 0 saturated carbocycles. The first kappa shape index (κ1) is 21.1. The van der Waals surface area contributed by atoms with Gasteiger partial charge in [0.2, 0.25) is 0 Å². The number of aryl methyl sites for hydroxylation is 1. The number of nitrogens with zero attached hydrogens (tertiary/aromatic N) is 1. The predicted octanol–water partition coefficient (Wildman–Crippen LogP) is 5.90. The van der Waals surface area contributed by atoms with Crippen LogP contribution in [0.3, 0.4) is 0 Å². The smallest absolute Gasteiger partial charge is 0.116 e. The minimum atomic E-state index is 0.262. The summed E-state index contributed by atoms with van der Waals surface area (Å²) >= 11 is 0. The van der Waals surface area contributed by atoms with Gasteiger partial charge < -0.3 is 15.1 Å². The Morgan fingerprint density at radius 3 is 2.43 bits per heavy atom. The number of aromatic hydroxyl groups is 2. The molecule has 2 rings (SSSR count). The van der Waals surface area contributed by atoms with E-state index < -0.39 is 0 Å². The fraction of sp³-hybridized carbons (Fsp3) is 0.240. The van der Waals surface area contributed by atoms with Gasteiger partial charge in [0.15, 0.2) is 0 Å². The highest BCUT2D eigenvalue weighted by atomic mass is 16.3. The Morgan fingerprint density at radius 1 is 1.07 bits per heavy atom. The molecule has 0 aliphatic carbocycles. The summed E-state index contributed by atoms with van der Waals surface area (Å²) in [5, 5.41) is 19.5. The Hall–Kier alpha value is -3.16. The zero-order valence-corrected chi connectivity index (χ0v) is 16.7. The summed E-state index contributed by atoms with van der Waals surface area (Å²) in [4.78, 5) is 2.29. The highest BCUT2D eigenvalue weighted by Gasteiger charge is 2.13. The van der Waals surface area contributed by atoms with E-state index in [4.69, 9.17) is 0 Å². The number of anilines is 1. The number of hydrogen-bond acceptors (Lipinski definition) is 3. The van der Waals surface area contributed by atoms with Crippen LogP contribution in [-0.4, -0.2) is 16.8 Å². The maximum atomic E-state index is 9.89. The molecule has 0 unspecified atom stereocenters. The van der Waals surface area contributed by atoms with Crippen molar-refractivity contribution >= 4 is 5.69 Å². The second-order valence-electron chi connectivity index (χ2n) is 6.59. The lowest BCUT2D eigenvalue weighted by Gasteiger charge is -2.28. The number of hydrogen-bond donors (Lipinski definition) is 2. The molecule has 3 heteroatoms. The van der Waals surface area contributed by atoms with Crippen molar-refractivity contribution in [1.82, 2.24) is 0 Å². The van der Waals surface area contributed by atoms with E-state index in [9.17, 15) is 10.2 Å². The molecule has 3 nitrogen and oxygen atoms in total. The van der Waals surface area contributed by atoms with Gasteiger partial charge in [-0.05, 0) is 72.0 Å². The van der Waals surface area contributed by atoms with Crippen LogP contribution in [0.25, 0.3) is 0 Å². The molecule has 2 aromatic rings. The number of phenolic OH excluding ortho intramolecular Hbond substituents is 2. The van der Waals surface area contributed by atoms with E-state index in [-0.39, 0.29) is 11.5 Å². The van der Waals surface area contributed by atoms with Crippen LogP contribution in [0.15, 0.2) is 84.7 Å². The first-order valence-electron chi connectivity index (χ1n) is 9.64. The Balaban J connectivity index is 2.42. The summed E-state index contributed by atoms with van der Waals surface area (Å²) < 4.78 is 0. The van der Waals surface area contributed by atoms with Crippen molar-refractivity contribution in [3.63, 3.8) is 0 Å². The van der Waals surface area contributed by atoms with Gasteiger partial charge in [-0.1, -0.05) is 44.7 Å². The first-order valence-corrected chi connectivity index (χ1v) is 9.64. The molecule has 28 heavy (non-hydrogen) atoms. The van der Waals surface area contributed by atoms with Crippen LogP contribution in [0.4, 0.5) is 5.69 Å². The van der Waals surface area contributed by atoms with Crippen molar-refractivity contribution in [2.45, 2.75) is 33.2 Å². The quantitative estimate of drug-likeness (QED) is 0.423. The van der Waals surface area contributed by atoms with Crippen LogP contribution >= 0.6 is 0 Å². The number of phenols is 2. The fourth-order valence-corrected chi connectivity index (χ4v) is 3.09. The lowest BCUT2D eigenvalue weighted by molar-refractivity contribution is 0.474. The van der Waals surface area contributed by atoms with Crippen LogP contribution in [0, 0.1) is 0 Å². The molecule has 0 aromatic heterocycles. The number of rotatable bonds is 9. The van der Waals surface area contributed by atoms with E-state index in [1.807, 2.05) is 30.3 Å². The molecule has 0 amide bonds. The van der Waals surface area contributed by atoms with Gasteiger partial charge in [-0.2, -0.15) is 0 Å². The van der Waals surface area contributed by atoms with Crippen molar-refractivity contribution < 1.29 is 10.2 Å². The monoisotopic (exact) mass is 375 g/mol. The molecule has 2 N–H and O–H groups in total. The maximum Gasteiger partial charge on any atom is 0.116 e. The standard InChI is InChI=1S/C25H29NO2/c1-4-7-8-10-20(9-5-2)18-26(19-21-11-13-23(27)14-12-21)25-16-15-24(28)17-22(25)6-3/h4,7,9-17,27-28H,1,5-6,18-19H2,2-3H3/b20-9+. The molecule has 2 aromatic carbocycles. The van der Waals surface area contributed by atoms with Gasteiger partial charge in [-0.15, -0.1) is 5.73 Å². The van der Waals surface area contributed by atoms with Gasteiger partial charge >= 0.3 is 0 Å². The van der Waals surface area contributed by atoms with Crippen molar-refractivity contribution in [1.29, 1.82) is 0 Å². The van der Waals surface area contributed by atoms with E-state index in [1.54, 1.807) is 30.4 Å². The third kappa shape index (κ3) is 6.22. The molecule has 0 aliphatic rings. The van der Waals surface area contributed by atoms with Gasteiger partial charge in [-0.3, -0.25) is 0 Å². The predicted molar refractivity (Wildman–Crippen MR) is 118 cm³/mol. The van der Waals surface area contributed by atoms with E-state index >= 15 is 0 Å². The van der Waals surface area contributed by atoms with Crippen LogP contribution in [0.2, 0.25) is 0 Å². The van der Waals surface area contributed by atoms with Gasteiger partial charge in [-0.25, -0.2) is 0 Å². The molecule has 0 bridgehead atoms. The van der Waals surface area contributed by atoms with Crippen LogP contribution in [-0.2, 0) is 13.0 Å². The zero-order valence-electron chi connectivity index (χ0n) is 16.7. The SMILES string of the molecule is C=CC=C=C/C(=C\CC)CN(Cc1ccc(O)cc1)c1ccc(O)cc1CC. The Bertz CT molecular complexity index is 872. The Labute approximate surface area is 168 Å². The summed E-state index contributed by atoms with van der Waals surface area (Å²) in [5.41, 5.74) is 7.61. The molecular weight excluding hydrogens is 346 g/mol. The third-order valence-electron chi connectivity index (χ3n) is 4.42. The topological polar surface area (TPSA) is 43.7 Å². The summed E-state index contributed by atoms with van der Waals surface area (Å²) in [6.45, 7) is 9.31. The van der Waals surface area contributed by atoms with Gasteiger partial charge in [0, 0.05) is 18.8 Å². The Kier molecular flexibility index (Phi) is 8.20. The molecule has 0 saturated heterocycles. The third-order valence-corrected chi connectivity index (χ3v) is 4.42. The second-order valence-corrected chi connectivity index (χ2v) is 6.59. The lowest BCUT2D eigenvalue weighted by atomic mass is 10.1. The number of allylic oxidation sites excluding steroid dienone is 2. The Morgan fingerprint density at radius 2 is 1.79 bits per heavy atom. The first-order chi connectivity index (χ1) is 13.6. The molecular formula is C25H29NO2. The largest absolute Gasteiger partial charge is 0.508 e. The minimum Gasteiger partial charge on any atom is -0.508 e. The molecule has 0 spiro atoms. The van der Waals surface area contributed by atoms with E-state index in [2.05, 4.69) is 37.1 Å². The normalized spacial score (nSPS) is 10.9. The van der Waals surface area contributed by atoms with E-state index in [0.29, 0.717) is 13.1 Å². The van der Waals surface area contributed by atoms with Crippen molar-refractivity contribution in [3.8, 4) is 11.5 Å². The maximum absolute atomic E-state index is 9.89. The summed E-state index contributed by atoms with van der Waals surface area (Å²) in [6, 6.07) is 12.8. The van der Waals surface area contributed by atoms with Crippen molar-refractivity contribution in [2.75, 3.05) is 11.4 Å². The van der Waals surface area contributed by atoms with Crippen LogP contribution < -0.4 is 4.90 Å². The van der Waals surface area contributed by atoms with Crippen molar-refractivity contribution in [3.05, 3.63) is 95.8 Å². The van der Waals surface area contributed by atoms with Crippen LogP contribution in [0.5, 0.6) is 11.5 Å². The number of benzene rings is 2. The van der Waals surface area contributed by atoms with Crippen molar-refractivity contribution in [2.24, 2.45) is 0 Å². The summed E-state index contributed by atoms with van der Waals surface area (Å²) in [7, 11) is 0. The van der Waals surface area contributed by atoms with Gasteiger partial charge in [0.1, 0.15) is 11.5 Å². The van der Waals surface area contributed by atoms with E-state index in [0.717, 1.165) is 35.2 Å². The molecule has 0 fully saturated rings. The summed E-state index contributed by atoms with van der Waals surface area (Å²) in [6.07, 6.45) is 9.45. The van der Waals surface area contributed by atoms with E-state index in [1.165, 1.54) is 0 Å². The second kappa shape index (κ2) is 10.9.